The van der Waals surface area contributed by atoms with Crippen molar-refractivity contribution in [2.45, 2.75) is 32.2 Å². The molecule has 3 heterocycles. The van der Waals surface area contributed by atoms with Crippen LogP contribution in [0.1, 0.15) is 23.7 Å². The van der Waals surface area contributed by atoms with Crippen molar-refractivity contribution >= 4 is 17.8 Å². The number of hydrogen-bond acceptors (Lipinski definition) is 9. The molecule has 12 heteroatoms. The zero-order valence-electron chi connectivity index (χ0n) is 21.8. The summed E-state index contributed by atoms with van der Waals surface area (Å²) >= 11 is 0. The lowest BCUT2D eigenvalue weighted by Gasteiger charge is -2.38. The van der Waals surface area contributed by atoms with Crippen LogP contribution in [0.4, 0.5) is 24.7 Å². The molecule has 38 heavy (non-hydrogen) atoms. The number of fused-ring (bicyclic) bond motifs is 1. The van der Waals surface area contributed by atoms with E-state index in [9.17, 15) is 23.1 Å². The Bertz CT molecular complexity index is 1170. The van der Waals surface area contributed by atoms with Gasteiger partial charge in [-0.25, -0.2) is 0 Å². The van der Waals surface area contributed by atoms with Crippen molar-refractivity contribution in [1.82, 2.24) is 19.8 Å². The molecule has 9 nitrogen and oxygen atoms in total. The van der Waals surface area contributed by atoms with Gasteiger partial charge in [-0.15, -0.1) is 0 Å². The van der Waals surface area contributed by atoms with Crippen LogP contribution in [-0.2, 0) is 23.9 Å². The summed E-state index contributed by atoms with van der Waals surface area (Å²) in [6, 6.07) is 3.29. The summed E-state index contributed by atoms with van der Waals surface area (Å²) in [4.78, 5) is 27.8. The van der Waals surface area contributed by atoms with Gasteiger partial charge in [-0.1, -0.05) is 0 Å². The van der Waals surface area contributed by atoms with E-state index in [0.717, 1.165) is 35.9 Å². The maximum Gasteiger partial charge on any atom is 0.418 e. The van der Waals surface area contributed by atoms with E-state index in [1.54, 1.807) is 11.1 Å². The van der Waals surface area contributed by atoms with Crippen LogP contribution in [-0.4, -0.2) is 90.6 Å². The molecule has 2 aliphatic heterocycles. The maximum atomic E-state index is 13.8. The van der Waals surface area contributed by atoms with E-state index in [2.05, 4.69) is 14.8 Å². The van der Waals surface area contributed by atoms with E-state index >= 15 is 0 Å². The van der Waals surface area contributed by atoms with Crippen molar-refractivity contribution in [3.63, 3.8) is 0 Å². The number of carbonyl (C=O) groups excluding carboxylic acids is 1. The minimum atomic E-state index is -4.56. The molecule has 0 spiro atoms. The van der Waals surface area contributed by atoms with E-state index in [1.165, 1.54) is 6.08 Å². The largest absolute Gasteiger partial charge is 0.508 e. The number of likely N-dealkylation sites (N-methyl/N-ethyl adjacent to an activating group) is 1. The molecule has 4 rings (SSSR count). The van der Waals surface area contributed by atoms with Crippen LogP contribution in [0.3, 0.4) is 0 Å². The summed E-state index contributed by atoms with van der Waals surface area (Å²) in [5, 5.41) is 9.96. The zero-order chi connectivity index (χ0) is 27.4. The summed E-state index contributed by atoms with van der Waals surface area (Å²) < 4.78 is 47.3. The molecule has 1 aromatic heterocycles. The Labute approximate surface area is 220 Å². The normalized spacial score (nSPS) is 17.2. The van der Waals surface area contributed by atoms with Gasteiger partial charge in [-0.3, -0.25) is 4.79 Å². The number of alkyl halides is 3. The monoisotopic (exact) mass is 534 g/mol. The summed E-state index contributed by atoms with van der Waals surface area (Å²) in [5.74, 6) is 0.498. The second-order valence-corrected chi connectivity index (χ2v) is 9.82. The van der Waals surface area contributed by atoms with Crippen molar-refractivity contribution in [2.24, 2.45) is 0 Å². The number of benzene rings is 1. The third kappa shape index (κ3) is 6.47. The molecule has 0 aliphatic carbocycles. The van der Waals surface area contributed by atoms with Crippen LogP contribution in [0, 0.1) is 0 Å². The first-order chi connectivity index (χ1) is 18.0. The average molecular weight is 535 g/mol. The number of allylic oxidation sites excluding steroid dienone is 1. The number of aromatic hydroxyl groups is 1. The molecule has 1 atom stereocenters. The number of halogens is 3. The van der Waals surface area contributed by atoms with Crippen LogP contribution < -0.4 is 14.5 Å². The first kappa shape index (κ1) is 27.5. The first-order valence-corrected chi connectivity index (χ1v) is 12.5. The lowest BCUT2D eigenvalue weighted by molar-refractivity contribution is -0.137. The molecule has 1 aromatic carbocycles. The quantitative estimate of drug-likeness (QED) is 0.406. The highest BCUT2D eigenvalue weighted by atomic mass is 19.4. The second kappa shape index (κ2) is 11.5. The highest BCUT2D eigenvalue weighted by Gasteiger charge is 2.36. The molecule has 1 N–H and O–H groups in total. The predicted molar refractivity (Wildman–Crippen MR) is 138 cm³/mol. The van der Waals surface area contributed by atoms with Crippen molar-refractivity contribution < 1.29 is 27.8 Å². The molecule has 0 bridgehead atoms. The summed E-state index contributed by atoms with van der Waals surface area (Å²) in [6.07, 6.45) is -0.351. The summed E-state index contributed by atoms with van der Waals surface area (Å²) in [5.41, 5.74) is 0.610. The molecule has 0 amide bonds. The molecule has 0 unspecified atom stereocenters. The lowest BCUT2D eigenvalue weighted by atomic mass is 10.0. The van der Waals surface area contributed by atoms with Gasteiger partial charge in [0, 0.05) is 57.1 Å². The van der Waals surface area contributed by atoms with Crippen LogP contribution in [0.2, 0.25) is 0 Å². The van der Waals surface area contributed by atoms with Crippen molar-refractivity contribution in [3.05, 3.63) is 47.3 Å². The van der Waals surface area contributed by atoms with Gasteiger partial charge < -0.3 is 29.4 Å². The number of hydrogen-bond donors (Lipinski definition) is 1. The highest BCUT2D eigenvalue weighted by molar-refractivity contribution is 5.64. The van der Waals surface area contributed by atoms with Gasteiger partial charge in [0.15, 0.2) is 0 Å². The zero-order valence-corrected chi connectivity index (χ0v) is 21.8. The Morgan fingerprint density at radius 2 is 1.87 bits per heavy atom. The fraction of sp³-hybridized carbons (Fsp3) is 0.500. The Hall–Kier alpha value is -3.54. The molecule has 1 fully saturated rings. The predicted octanol–water partition coefficient (Wildman–Crippen LogP) is 2.93. The third-order valence-electron chi connectivity index (χ3n) is 6.57. The number of aldehydes is 1. The van der Waals surface area contributed by atoms with Gasteiger partial charge >= 0.3 is 12.2 Å². The fourth-order valence-electron chi connectivity index (χ4n) is 4.90. The van der Waals surface area contributed by atoms with E-state index in [0.29, 0.717) is 51.4 Å². The molecule has 0 saturated carbocycles. The average Bonchev–Trinajstić information content (AvgIpc) is 2.85. The number of aromatic nitrogens is 2. The van der Waals surface area contributed by atoms with Gasteiger partial charge in [0.25, 0.3) is 0 Å². The number of carbonyl (C=O) groups is 1. The number of phenolic OH excluding ortho intramolecular Hbond substituents is 1. The molecule has 0 radical (unpaired) electrons. The van der Waals surface area contributed by atoms with Crippen LogP contribution in [0.25, 0.3) is 0 Å². The van der Waals surface area contributed by atoms with Gasteiger partial charge in [0.2, 0.25) is 0 Å². The number of phenols is 1. The summed E-state index contributed by atoms with van der Waals surface area (Å²) in [6.45, 7) is 5.70. The SMILES string of the molecule is C[C@H](CN(C)C)Oc1nc2c(c(N3CCN(C=CC=O)CC3)n1)CCN(c1cc(O)ccc1C(F)(F)F)C2. The smallest absolute Gasteiger partial charge is 0.418 e. The van der Waals surface area contributed by atoms with Gasteiger partial charge in [0.05, 0.1) is 23.5 Å². The van der Waals surface area contributed by atoms with Crippen molar-refractivity contribution in [3.8, 4) is 11.8 Å². The van der Waals surface area contributed by atoms with E-state index in [1.807, 2.05) is 25.9 Å². The Morgan fingerprint density at radius 3 is 2.53 bits per heavy atom. The number of ether oxygens (including phenoxy) is 1. The maximum absolute atomic E-state index is 13.8. The van der Waals surface area contributed by atoms with Crippen molar-refractivity contribution in [2.75, 3.05) is 63.2 Å². The first-order valence-electron chi connectivity index (χ1n) is 12.5. The number of piperazine rings is 1. The van der Waals surface area contributed by atoms with E-state index in [4.69, 9.17) is 9.72 Å². The van der Waals surface area contributed by atoms with Crippen LogP contribution in [0.5, 0.6) is 11.8 Å². The molecule has 1 saturated heterocycles. The number of rotatable bonds is 8. The molecular formula is C26H33F3N6O3. The standard InChI is InChI=1S/C26H33F3N6O3/c1-18(16-32(2)3)38-25-30-22-17-35(23-15-19(37)5-6-21(23)26(27,28)29)9-7-20(22)24(31-25)34-12-10-33(11-13-34)8-4-14-36/h4-6,8,14-15,18,37H,7,9-13,16-17H2,1-3H3/t18-/m1/s1. The molecular weight excluding hydrogens is 501 g/mol. The Balaban J connectivity index is 1.67. The highest BCUT2D eigenvalue weighted by Crippen LogP contribution is 2.40. The van der Waals surface area contributed by atoms with Gasteiger partial charge in [-0.2, -0.15) is 23.1 Å². The van der Waals surface area contributed by atoms with E-state index in [-0.39, 0.29) is 30.1 Å². The minimum absolute atomic E-state index is 0.0812. The fourth-order valence-corrected chi connectivity index (χ4v) is 4.90. The molecule has 2 aromatic rings. The molecule has 206 valence electrons. The number of anilines is 2. The Morgan fingerprint density at radius 1 is 1.13 bits per heavy atom. The van der Waals surface area contributed by atoms with Gasteiger partial charge in [-0.05, 0) is 45.6 Å². The third-order valence-corrected chi connectivity index (χ3v) is 6.57. The summed E-state index contributed by atoms with van der Waals surface area (Å²) in [7, 11) is 3.87. The Kier molecular flexibility index (Phi) is 8.29. The van der Waals surface area contributed by atoms with Crippen molar-refractivity contribution in [1.29, 1.82) is 0 Å². The van der Waals surface area contributed by atoms with Gasteiger partial charge in [0.1, 0.15) is 24.0 Å². The topological polar surface area (TPSA) is 85.3 Å². The second-order valence-electron chi connectivity index (χ2n) is 9.82. The number of nitrogens with zero attached hydrogens (tertiary/aromatic N) is 6. The van der Waals surface area contributed by atoms with E-state index < -0.39 is 11.7 Å². The van der Waals surface area contributed by atoms with Crippen LogP contribution >= 0.6 is 0 Å². The van der Waals surface area contributed by atoms with Crippen LogP contribution in [0.15, 0.2) is 30.5 Å². The minimum Gasteiger partial charge on any atom is -0.508 e. The lowest BCUT2D eigenvalue weighted by Crippen LogP contribution is -2.45. The molecule has 2 aliphatic rings.